The van der Waals surface area contributed by atoms with Crippen LogP contribution in [0, 0.1) is 12.7 Å². The van der Waals surface area contributed by atoms with Gasteiger partial charge < -0.3 is 14.8 Å². The maximum absolute atomic E-state index is 14.1. The molecule has 1 saturated heterocycles. The Morgan fingerprint density at radius 1 is 1.00 bits per heavy atom. The lowest BCUT2D eigenvalue weighted by molar-refractivity contribution is -0.166. The van der Waals surface area contributed by atoms with Crippen molar-refractivity contribution in [1.29, 1.82) is 0 Å². The highest BCUT2D eigenvalue weighted by Gasteiger charge is 2.56. The highest BCUT2D eigenvalue weighted by Crippen LogP contribution is 2.48. The Bertz CT molecular complexity index is 1460. The van der Waals surface area contributed by atoms with Gasteiger partial charge in [0.15, 0.2) is 5.54 Å². The van der Waals surface area contributed by atoms with Crippen molar-refractivity contribution < 1.29 is 14.0 Å². The minimum absolute atomic E-state index is 0.00196. The normalized spacial score (nSPS) is 21.9. The first kappa shape index (κ1) is 21.6. The summed E-state index contributed by atoms with van der Waals surface area (Å²) in [5.74, 6) is -0.590. The van der Waals surface area contributed by atoms with Crippen molar-refractivity contribution in [3.8, 4) is 0 Å². The lowest BCUT2D eigenvalue weighted by Gasteiger charge is -2.51. The number of amides is 2. The quantitative estimate of drug-likeness (QED) is 0.469. The standard InChI is InChI=1S/C29H26FN3O2/c1-18-7-11-20(12-8-18)23-16-33-25(34)17-32(15-19-9-13-21(30)14-10-19)28(35)29(33,2)27-26(23)22-5-3-4-6-24(22)31-27/h3-14,23,31H,15-17H2,1-2H3. The Balaban J connectivity index is 1.49. The molecule has 0 radical (unpaired) electrons. The Kier molecular flexibility index (Phi) is 4.81. The largest absolute Gasteiger partial charge is 0.356 e. The van der Waals surface area contributed by atoms with Gasteiger partial charge in [-0.2, -0.15) is 0 Å². The van der Waals surface area contributed by atoms with E-state index in [9.17, 15) is 14.0 Å². The van der Waals surface area contributed by atoms with Crippen LogP contribution in [-0.2, 0) is 21.7 Å². The van der Waals surface area contributed by atoms with Gasteiger partial charge in [0.2, 0.25) is 5.91 Å². The van der Waals surface area contributed by atoms with E-state index >= 15 is 0 Å². The first-order chi connectivity index (χ1) is 16.9. The molecule has 0 saturated carbocycles. The number of fused-ring (bicyclic) bond motifs is 5. The van der Waals surface area contributed by atoms with Gasteiger partial charge in [-0.05, 0) is 48.7 Å². The van der Waals surface area contributed by atoms with E-state index in [-0.39, 0.29) is 36.6 Å². The van der Waals surface area contributed by atoms with E-state index < -0.39 is 5.54 Å². The van der Waals surface area contributed by atoms with Gasteiger partial charge in [0.1, 0.15) is 12.4 Å². The number of para-hydroxylation sites is 1. The number of carbonyl (C=O) groups is 2. The fourth-order valence-electron chi connectivity index (χ4n) is 5.71. The monoisotopic (exact) mass is 467 g/mol. The van der Waals surface area contributed by atoms with E-state index in [1.807, 2.05) is 25.1 Å². The molecular formula is C29H26FN3O2. The molecule has 1 fully saturated rings. The van der Waals surface area contributed by atoms with E-state index in [1.165, 1.54) is 17.7 Å². The Labute approximate surface area is 203 Å². The third-order valence-corrected chi connectivity index (χ3v) is 7.58. The van der Waals surface area contributed by atoms with Gasteiger partial charge in [-0.3, -0.25) is 9.59 Å². The van der Waals surface area contributed by atoms with E-state index in [0.717, 1.165) is 33.3 Å². The van der Waals surface area contributed by atoms with Crippen LogP contribution in [0.5, 0.6) is 0 Å². The molecule has 35 heavy (non-hydrogen) atoms. The fourth-order valence-corrected chi connectivity index (χ4v) is 5.71. The number of aryl methyl sites for hydroxylation is 1. The second kappa shape index (κ2) is 7.80. The number of aromatic nitrogens is 1. The van der Waals surface area contributed by atoms with Gasteiger partial charge in [0, 0.05) is 29.9 Å². The average Bonchev–Trinajstić information content (AvgIpc) is 3.25. The molecule has 2 aliphatic heterocycles. The van der Waals surface area contributed by atoms with Gasteiger partial charge >= 0.3 is 0 Å². The molecule has 1 aromatic heterocycles. The minimum atomic E-state index is -1.15. The molecular weight excluding hydrogens is 441 g/mol. The summed E-state index contributed by atoms with van der Waals surface area (Å²) in [4.78, 5) is 34.5. The number of H-pyrrole nitrogens is 1. The molecule has 3 aromatic carbocycles. The molecule has 176 valence electrons. The topological polar surface area (TPSA) is 56.4 Å². The number of hydrogen-bond donors (Lipinski definition) is 1. The van der Waals surface area contributed by atoms with Crippen molar-refractivity contribution >= 4 is 22.7 Å². The third-order valence-electron chi connectivity index (χ3n) is 7.58. The van der Waals surface area contributed by atoms with Crippen LogP contribution in [0.4, 0.5) is 4.39 Å². The number of carbonyl (C=O) groups excluding carboxylic acids is 2. The Morgan fingerprint density at radius 3 is 2.46 bits per heavy atom. The number of halogens is 1. The van der Waals surface area contributed by atoms with Crippen molar-refractivity contribution in [3.63, 3.8) is 0 Å². The molecule has 0 aliphatic carbocycles. The lowest BCUT2D eigenvalue weighted by atomic mass is 9.76. The Morgan fingerprint density at radius 2 is 1.71 bits per heavy atom. The highest BCUT2D eigenvalue weighted by atomic mass is 19.1. The zero-order valence-electron chi connectivity index (χ0n) is 19.7. The zero-order valence-corrected chi connectivity index (χ0v) is 19.7. The fraction of sp³-hybridized carbons (Fsp3) is 0.241. The maximum Gasteiger partial charge on any atom is 0.255 e. The van der Waals surface area contributed by atoms with Crippen molar-refractivity contribution in [3.05, 3.63) is 107 Å². The number of piperazine rings is 1. The number of hydrogen-bond acceptors (Lipinski definition) is 2. The van der Waals surface area contributed by atoms with E-state index in [1.54, 1.807) is 21.9 Å². The number of rotatable bonds is 3. The average molecular weight is 468 g/mol. The smallest absolute Gasteiger partial charge is 0.255 e. The van der Waals surface area contributed by atoms with Gasteiger partial charge in [0.25, 0.3) is 5.91 Å². The van der Waals surface area contributed by atoms with Crippen molar-refractivity contribution in [1.82, 2.24) is 14.8 Å². The summed E-state index contributed by atoms with van der Waals surface area (Å²) in [6.45, 7) is 4.60. The molecule has 6 rings (SSSR count). The molecule has 5 nitrogen and oxygen atoms in total. The summed E-state index contributed by atoms with van der Waals surface area (Å²) in [6.07, 6.45) is 0. The molecule has 0 bridgehead atoms. The van der Waals surface area contributed by atoms with Crippen molar-refractivity contribution in [2.24, 2.45) is 0 Å². The van der Waals surface area contributed by atoms with E-state index in [0.29, 0.717) is 6.54 Å². The molecule has 2 amide bonds. The first-order valence-corrected chi connectivity index (χ1v) is 11.9. The predicted octanol–water partition coefficient (Wildman–Crippen LogP) is 4.85. The van der Waals surface area contributed by atoms with Crippen LogP contribution in [0.1, 0.15) is 40.8 Å². The van der Waals surface area contributed by atoms with Crippen LogP contribution >= 0.6 is 0 Å². The minimum Gasteiger partial charge on any atom is -0.356 e. The zero-order chi connectivity index (χ0) is 24.3. The second-order valence-electron chi connectivity index (χ2n) is 9.79. The van der Waals surface area contributed by atoms with Crippen LogP contribution in [0.3, 0.4) is 0 Å². The van der Waals surface area contributed by atoms with E-state index in [2.05, 4.69) is 42.2 Å². The summed E-state index contributed by atoms with van der Waals surface area (Å²) in [6, 6.07) is 22.5. The van der Waals surface area contributed by atoms with Gasteiger partial charge in [-0.15, -0.1) is 0 Å². The molecule has 2 atom stereocenters. The van der Waals surface area contributed by atoms with Gasteiger partial charge in [0.05, 0.1) is 5.69 Å². The van der Waals surface area contributed by atoms with Crippen LogP contribution < -0.4 is 0 Å². The third kappa shape index (κ3) is 3.27. The molecule has 6 heteroatoms. The summed E-state index contributed by atoms with van der Waals surface area (Å²) >= 11 is 0. The summed E-state index contributed by atoms with van der Waals surface area (Å²) in [5.41, 5.74) is 4.74. The summed E-state index contributed by atoms with van der Waals surface area (Å²) in [7, 11) is 0. The van der Waals surface area contributed by atoms with Crippen molar-refractivity contribution in [2.45, 2.75) is 31.8 Å². The summed E-state index contributed by atoms with van der Waals surface area (Å²) in [5, 5.41) is 1.07. The number of benzene rings is 3. The maximum atomic E-state index is 14.1. The second-order valence-corrected chi connectivity index (χ2v) is 9.79. The van der Waals surface area contributed by atoms with Crippen LogP contribution in [-0.4, -0.2) is 39.7 Å². The van der Waals surface area contributed by atoms with E-state index in [4.69, 9.17) is 0 Å². The predicted molar refractivity (Wildman–Crippen MR) is 132 cm³/mol. The molecule has 1 N–H and O–H groups in total. The van der Waals surface area contributed by atoms with Crippen LogP contribution in [0.15, 0.2) is 72.8 Å². The molecule has 3 heterocycles. The lowest BCUT2D eigenvalue weighted by Crippen LogP contribution is -2.67. The van der Waals surface area contributed by atoms with Crippen LogP contribution in [0.2, 0.25) is 0 Å². The number of nitrogens with zero attached hydrogens (tertiary/aromatic N) is 2. The number of nitrogens with one attached hydrogen (secondary N) is 1. The van der Waals surface area contributed by atoms with Crippen molar-refractivity contribution in [2.75, 3.05) is 13.1 Å². The number of aromatic amines is 1. The highest BCUT2D eigenvalue weighted by molar-refractivity contribution is 6.01. The molecule has 4 aromatic rings. The molecule has 0 spiro atoms. The SMILES string of the molecule is Cc1ccc(C2CN3C(=O)CN(Cc4ccc(F)cc4)C(=O)C3(C)c3[nH]c4ccccc4c32)cc1. The summed E-state index contributed by atoms with van der Waals surface area (Å²) < 4.78 is 13.4. The van der Waals surface area contributed by atoms with Gasteiger partial charge in [-0.1, -0.05) is 60.2 Å². The Hall–Kier alpha value is -3.93. The van der Waals surface area contributed by atoms with Gasteiger partial charge in [-0.25, -0.2) is 4.39 Å². The van der Waals surface area contributed by atoms with Crippen LogP contribution in [0.25, 0.3) is 10.9 Å². The molecule has 2 unspecified atom stereocenters. The first-order valence-electron chi connectivity index (χ1n) is 11.9. The molecule has 2 aliphatic rings.